The number of benzene rings is 1. The minimum absolute atomic E-state index is 0.130. The Morgan fingerprint density at radius 3 is 3.20 bits per heavy atom. The average Bonchev–Trinajstić information content (AvgIpc) is 2.46. The third-order valence-corrected chi connectivity index (χ3v) is 5.51. The first-order chi connectivity index (χ1) is 7.27. The van der Waals surface area contributed by atoms with E-state index in [2.05, 4.69) is 0 Å². The van der Waals surface area contributed by atoms with Crippen molar-refractivity contribution in [2.45, 2.75) is 10.5 Å². The van der Waals surface area contributed by atoms with E-state index >= 15 is 0 Å². The number of aliphatic hydroxyl groups excluding tert-OH is 1. The number of alkyl halides is 2. The quantitative estimate of drug-likeness (QED) is 0.335. The van der Waals surface area contributed by atoms with Gasteiger partial charge in [0.1, 0.15) is 0 Å². The van der Waals surface area contributed by atoms with E-state index in [-0.39, 0.29) is 25.3 Å². The van der Waals surface area contributed by atoms with Gasteiger partial charge in [0.2, 0.25) is 0 Å². The molecule has 3 nitrogen and oxygen atoms in total. The monoisotopic (exact) mass is 315 g/mol. The van der Waals surface area contributed by atoms with Gasteiger partial charge in [0.15, 0.2) is 0 Å². The first-order valence-corrected chi connectivity index (χ1v) is 7.68. The minimum atomic E-state index is -0.226. The number of aliphatic hydroxyl groups is 1. The van der Waals surface area contributed by atoms with Crippen molar-refractivity contribution in [1.29, 1.82) is 0 Å². The molecule has 0 saturated heterocycles. The predicted octanol–water partition coefficient (Wildman–Crippen LogP) is -2.01. The number of nitrogens with zero attached hydrogens (tertiary/aromatic N) is 1. The molecule has 4 heteroatoms. The van der Waals surface area contributed by atoms with E-state index < -0.39 is 0 Å². The van der Waals surface area contributed by atoms with Crippen molar-refractivity contribution in [3.05, 3.63) is 35.5 Å². The van der Waals surface area contributed by atoms with Gasteiger partial charge in [-0.3, -0.25) is 0 Å². The van der Waals surface area contributed by atoms with E-state index in [1.165, 1.54) is 10.9 Å². The molecule has 0 saturated carbocycles. The van der Waals surface area contributed by atoms with Crippen molar-refractivity contribution in [3.63, 3.8) is 0 Å². The standard InChI is InChI=1S/C11H12IN2O/c13-14-6-7-4-5-12-11(15)8-2-1-3-9(14)10(7)8/h1-3,6,11,15H,4-5,13H2/q-1. The average molecular weight is 315 g/mol. The Kier molecular flexibility index (Phi) is 2.14. The molecule has 1 unspecified atom stereocenters. The molecule has 1 aliphatic heterocycles. The Bertz CT molecular complexity index is 521. The van der Waals surface area contributed by atoms with E-state index in [9.17, 15) is 5.11 Å². The van der Waals surface area contributed by atoms with Crippen LogP contribution in [0.15, 0.2) is 24.4 Å². The number of hydrogen-bond acceptors (Lipinski definition) is 2. The summed E-state index contributed by atoms with van der Waals surface area (Å²) in [7, 11) is 0. The number of hydrogen-bond donors (Lipinski definition) is 2. The van der Waals surface area contributed by atoms with E-state index in [4.69, 9.17) is 5.84 Å². The Morgan fingerprint density at radius 1 is 1.47 bits per heavy atom. The van der Waals surface area contributed by atoms with Crippen molar-refractivity contribution >= 4 is 10.9 Å². The van der Waals surface area contributed by atoms with Crippen LogP contribution in [-0.4, -0.2) is 14.2 Å². The zero-order valence-electron chi connectivity index (χ0n) is 8.15. The van der Waals surface area contributed by atoms with Crippen molar-refractivity contribution in [2.24, 2.45) is 0 Å². The van der Waals surface area contributed by atoms with Gasteiger partial charge < -0.3 is 0 Å². The maximum absolute atomic E-state index is 10.1. The summed E-state index contributed by atoms with van der Waals surface area (Å²) in [6.07, 6.45) is 3.05. The summed E-state index contributed by atoms with van der Waals surface area (Å²) < 4.78 is 2.58. The topological polar surface area (TPSA) is 51.2 Å². The molecular formula is C11H12IN2O-. The fourth-order valence-corrected chi connectivity index (χ4v) is 4.63. The summed E-state index contributed by atoms with van der Waals surface area (Å²) in [4.78, 5) is 0. The van der Waals surface area contributed by atoms with Crippen molar-refractivity contribution in [3.8, 4) is 0 Å². The van der Waals surface area contributed by atoms with E-state index in [1.807, 2.05) is 24.4 Å². The van der Waals surface area contributed by atoms with Gasteiger partial charge in [0.25, 0.3) is 0 Å². The second-order valence-electron chi connectivity index (χ2n) is 3.73. The summed E-state index contributed by atoms with van der Waals surface area (Å²) in [6, 6.07) is 6.02. The van der Waals surface area contributed by atoms with Gasteiger partial charge in [-0.1, -0.05) is 0 Å². The Hall–Kier alpha value is -0.750. The van der Waals surface area contributed by atoms with Crippen LogP contribution in [0.5, 0.6) is 0 Å². The van der Waals surface area contributed by atoms with E-state index in [1.54, 1.807) is 4.68 Å². The van der Waals surface area contributed by atoms with Gasteiger partial charge in [-0.15, -0.1) is 0 Å². The van der Waals surface area contributed by atoms with Crippen LogP contribution in [0.1, 0.15) is 15.2 Å². The number of aryl methyl sites for hydroxylation is 1. The molecule has 2 aromatic rings. The number of nitrogens with two attached hydrogens (primary N) is 1. The van der Waals surface area contributed by atoms with Gasteiger partial charge in [-0.25, -0.2) is 0 Å². The molecule has 0 fully saturated rings. The molecule has 1 atom stereocenters. The van der Waals surface area contributed by atoms with Gasteiger partial charge in [-0.2, -0.15) is 0 Å². The third-order valence-electron chi connectivity index (χ3n) is 2.84. The molecule has 0 bridgehead atoms. The fourth-order valence-electron chi connectivity index (χ4n) is 2.16. The SMILES string of the molecule is Nn1cc2c3c(cccc31)C(O)[I-]CC2. The summed E-state index contributed by atoms with van der Waals surface area (Å²) in [5.41, 5.74) is 3.41. The van der Waals surface area contributed by atoms with Crippen LogP contribution >= 0.6 is 0 Å². The molecule has 15 heavy (non-hydrogen) atoms. The van der Waals surface area contributed by atoms with Gasteiger partial charge in [-0.05, 0) is 0 Å². The van der Waals surface area contributed by atoms with Crippen LogP contribution in [0.2, 0.25) is 0 Å². The Morgan fingerprint density at radius 2 is 2.33 bits per heavy atom. The first kappa shape index (κ1) is 9.47. The number of aromatic nitrogens is 1. The van der Waals surface area contributed by atoms with Crippen molar-refractivity contribution < 1.29 is 26.3 Å². The number of halogens is 1. The normalized spacial score (nSPS) is 21.0. The van der Waals surface area contributed by atoms with Gasteiger partial charge in [0.05, 0.1) is 0 Å². The zero-order valence-corrected chi connectivity index (χ0v) is 10.3. The molecule has 80 valence electrons. The fraction of sp³-hybridized carbons (Fsp3) is 0.273. The molecule has 1 aromatic heterocycles. The van der Waals surface area contributed by atoms with E-state index in [0.717, 1.165) is 21.9 Å². The summed E-state index contributed by atoms with van der Waals surface area (Å²) in [6.45, 7) is 0. The Labute approximate surface area is 98.1 Å². The van der Waals surface area contributed by atoms with Gasteiger partial charge in [0, 0.05) is 0 Å². The Balaban J connectivity index is 2.41. The van der Waals surface area contributed by atoms with Crippen LogP contribution in [0.4, 0.5) is 0 Å². The molecule has 0 radical (unpaired) electrons. The summed E-state index contributed by atoms with van der Waals surface area (Å²) >= 11 is -0.130. The zero-order chi connectivity index (χ0) is 10.4. The van der Waals surface area contributed by atoms with Crippen LogP contribution in [0.3, 0.4) is 0 Å². The molecular weight excluding hydrogens is 303 g/mol. The van der Waals surface area contributed by atoms with Crippen molar-refractivity contribution in [1.82, 2.24) is 4.68 Å². The van der Waals surface area contributed by atoms with Crippen molar-refractivity contribution in [2.75, 3.05) is 10.3 Å². The molecule has 2 heterocycles. The molecule has 0 spiro atoms. The second kappa shape index (κ2) is 3.38. The van der Waals surface area contributed by atoms with Crippen LogP contribution in [0.25, 0.3) is 10.9 Å². The molecule has 0 amide bonds. The predicted molar refractivity (Wildman–Crippen MR) is 55.6 cm³/mol. The molecule has 3 rings (SSSR count). The van der Waals surface area contributed by atoms with E-state index in [0.29, 0.717) is 0 Å². The van der Waals surface area contributed by atoms with Crippen LogP contribution in [-0.2, 0) is 6.42 Å². The van der Waals surface area contributed by atoms with Crippen LogP contribution in [0, 0.1) is 0 Å². The molecule has 1 aliphatic rings. The van der Waals surface area contributed by atoms with Crippen LogP contribution < -0.4 is 27.0 Å². The molecule has 3 N–H and O–H groups in total. The third kappa shape index (κ3) is 1.35. The maximum atomic E-state index is 10.1. The number of nitrogen functional groups attached to an aromatic ring is 1. The van der Waals surface area contributed by atoms with Gasteiger partial charge >= 0.3 is 98.2 Å². The molecule has 0 aliphatic carbocycles. The number of rotatable bonds is 0. The summed E-state index contributed by atoms with van der Waals surface area (Å²) in [5, 5.41) is 11.2. The first-order valence-electron chi connectivity index (χ1n) is 4.91. The molecule has 1 aromatic carbocycles. The second-order valence-corrected chi connectivity index (χ2v) is 6.87. The summed E-state index contributed by atoms with van der Waals surface area (Å²) in [5.74, 6) is 5.89.